The van der Waals surface area contributed by atoms with E-state index in [9.17, 15) is 10.2 Å². The van der Waals surface area contributed by atoms with Crippen molar-refractivity contribution >= 4 is 23.5 Å². The maximum absolute atomic E-state index is 10.7. The van der Waals surface area contributed by atoms with Gasteiger partial charge in [-0.05, 0) is 36.5 Å². The molecule has 2 N–H and O–H groups in total. The van der Waals surface area contributed by atoms with Gasteiger partial charge in [0.05, 0.1) is 6.10 Å². The standard InChI is InChI=1S/C15H22O2S2/c1-12(11-16)14(17)15(7-9-18-10-8-15)19-13-5-3-2-4-6-13/h2-6,12,14,16-17H,7-11H2,1H3/t12-,14-/m1/s1. The van der Waals surface area contributed by atoms with E-state index in [0.717, 1.165) is 24.3 Å². The van der Waals surface area contributed by atoms with Gasteiger partial charge in [-0.25, -0.2) is 0 Å². The summed E-state index contributed by atoms with van der Waals surface area (Å²) in [6.45, 7) is 1.98. The monoisotopic (exact) mass is 298 g/mol. The molecule has 106 valence electrons. The molecule has 2 rings (SSSR count). The molecular weight excluding hydrogens is 276 g/mol. The van der Waals surface area contributed by atoms with E-state index in [0.29, 0.717) is 0 Å². The van der Waals surface area contributed by atoms with Crippen molar-refractivity contribution in [2.75, 3.05) is 18.1 Å². The number of hydrogen-bond donors (Lipinski definition) is 2. The second-order valence-electron chi connectivity index (χ2n) is 5.20. The summed E-state index contributed by atoms with van der Waals surface area (Å²) in [5.41, 5.74) is 0. The van der Waals surface area contributed by atoms with E-state index in [-0.39, 0.29) is 17.3 Å². The number of hydrogen-bond acceptors (Lipinski definition) is 4. The molecule has 1 saturated heterocycles. The van der Waals surface area contributed by atoms with Crippen LogP contribution in [0.25, 0.3) is 0 Å². The van der Waals surface area contributed by atoms with E-state index < -0.39 is 6.10 Å². The SMILES string of the molecule is C[C@H](CO)[C@@H](O)C1(Sc2ccccc2)CCSCC1. The lowest BCUT2D eigenvalue weighted by molar-refractivity contribution is 0.0424. The zero-order valence-electron chi connectivity index (χ0n) is 11.3. The molecule has 1 heterocycles. The quantitative estimate of drug-likeness (QED) is 0.876. The van der Waals surface area contributed by atoms with Gasteiger partial charge in [0, 0.05) is 22.2 Å². The Morgan fingerprint density at radius 3 is 2.47 bits per heavy atom. The first-order valence-corrected chi connectivity index (χ1v) is 8.76. The number of aliphatic hydroxyl groups is 2. The molecule has 0 aliphatic carbocycles. The summed E-state index contributed by atoms with van der Waals surface area (Å²) in [5.74, 6) is 2.11. The first-order valence-electron chi connectivity index (χ1n) is 6.79. The first-order chi connectivity index (χ1) is 9.18. The molecule has 1 fully saturated rings. The van der Waals surface area contributed by atoms with Crippen LogP contribution < -0.4 is 0 Å². The Hall–Kier alpha value is -0.160. The Bertz CT molecular complexity index is 377. The lowest BCUT2D eigenvalue weighted by Gasteiger charge is -2.42. The minimum Gasteiger partial charge on any atom is -0.396 e. The van der Waals surface area contributed by atoms with Crippen molar-refractivity contribution in [3.05, 3.63) is 30.3 Å². The molecule has 0 bridgehead atoms. The van der Waals surface area contributed by atoms with E-state index in [2.05, 4.69) is 12.1 Å². The van der Waals surface area contributed by atoms with Gasteiger partial charge in [-0.3, -0.25) is 0 Å². The molecule has 1 aromatic carbocycles. The fraction of sp³-hybridized carbons (Fsp3) is 0.600. The molecule has 0 radical (unpaired) electrons. The van der Waals surface area contributed by atoms with Crippen molar-refractivity contribution in [1.82, 2.24) is 0 Å². The summed E-state index contributed by atoms with van der Waals surface area (Å²) >= 11 is 3.75. The van der Waals surface area contributed by atoms with Crippen molar-refractivity contribution in [3.63, 3.8) is 0 Å². The van der Waals surface area contributed by atoms with Crippen LogP contribution in [-0.2, 0) is 0 Å². The van der Waals surface area contributed by atoms with Gasteiger partial charge in [-0.2, -0.15) is 11.8 Å². The zero-order chi connectivity index (χ0) is 13.7. The molecule has 0 unspecified atom stereocenters. The van der Waals surface area contributed by atoms with Crippen LogP contribution in [-0.4, -0.2) is 39.2 Å². The highest BCUT2D eigenvalue weighted by atomic mass is 32.2. The fourth-order valence-corrected chi connectivity index (χ4v) is 5.52. The minimum absolute atomic E-state index is 0.0470. The highest BCUT2D eigenvalue weighted by molar-refractivity contribution is 8.01. The Balaban J connectivity index is 2.19. The Morgan fingerprint density at radius 1 is 1.26 bits per heavy atom. The normalized spacial score (nSPS) is 21.8. The molecule has 2 atom stereocenters. The van der Waals surface area contributed by atoms with Crippen molar-refractivity contribution in [2.24, 2.45) is 5.92 Å². The topological polar surface area (TPSA) is 40.5 Å². The van der Waals surface area contributed by atoms with Crippen LogP contribution in [0.5, 0.6) is 0 Å². The van der Waals surface area contributed by atoms with E-state index >= 15 is 0 Å². The zero-order valence-corrected chi connectivity index (χ0v) is 12.9. The van der Waals surface area contributed by atoms with Gasteiger partial charge in [0.2, 0.25) is 0 Å². The molecule has 0 spiro atoms. The third-order valence-electron chi connectivity index (χ3n) is 3.77. The second kappa shape index (κ2) is 7.02. The highest BCUT2D eigenvalue weighted by Gasteiger charge is 2.42. The van der Waals surface area contributed by atoms with E-state index in [4.69, 9.17) is 0 Å². The van der Waals surface area contributed by atoms with Gasteiger partial charge in [0.25, 0.3) is 0 Å². The van der Waals surface area contributed by atoms with E-state index in [1.165, 1.54) is 4.90 Å². The van der Waals surface area contributed by atoms with Gasteiger partial charge in [0.1, 0.15) is 0 Å². The predicted molar refractivity (Wildman–Crippen MR) is 83.8 cm³/mol. The Labute approximate surface area is 124 Å². The van der Waals surface area contributed by atoms with Gasteiger partial charge < -0.3 is 10.2 Å². The Morgan fingerprint density at radius 2 is 1.89 bits per heavy atom. The second-order valence-corrected chi connectivity index (χ2v) is 7.91. The summed E-state index contributed by atoms with van der Waals surface area (Å²) in [4.78, 5) is 1.21. The first kappa shape index (κ1) is 15.2. The molecule has 4 heteroatoms. The van der Waals surface area contributed by atoms with Gasteiger partial charge in [-0.15, -0.1) is 11.8 Å². The summed E-state index contributed by atoms with van der Waals surface area (Å²) in [5, 5.41) is 20.0. The molecule has 1 aliphatic rings. The van der Waals surface area contributed by atoms with Crippen LogP contribution in [0.4, 0.5) is 0 Å². The minimum atomic E-state index is -0.455. The maximum Gasteiger partial charge on any atom is 0.0738 e. The van der Waals surface area contributed by atoms with E-state index in [1.54, 1.807) is 11.8 Å². The molecular formula is C15H22O2S2. The number of benzene rings is 1. The van der Waals surface area contributed by atoms with Crippen molar-refractivity contribution in [3.8, 4) is 0 Å². The smallest absolute Gasteiger partial charge is 0.0738 e. The van der Waals surface area contributed by atoms with Crippen molar-refractivity contribution in [1.29, 1.82) is 0 Å². The molecule has 2 nitrogen and oxygen atoms in total. The van der Waals surface area contributed by atoms with E-state index in [1.807, 2.05) is 36.9 Å². The molecule has 1 aromatic rings. The van der Waals surface area contributed by atoms with Crippen molar-refractivity contribution in [2.45, 2.75) is 35.5 Å². The van der Waals surface area contributed by atoms with Crippen molar-refractivity contribution < 1.29 is 10.2 Å². The highest BCUT2D eigenvalue weighted by Crippen LogP contribution is 2.46. The van der Waals surface area contributed by atoms with Crippen LogP contribution in [0.3, 0.4) is 0 Å². The molecule has 1 aliphatic heterocycles. The van der Waals surface area contributed by atoms with Gasteiger partial charge >= 0.3 is 0 Å². The summed E-state index contributed by atoms with van der Waals surface area (Å²) in [6, 6.07) is 10.3. The number of aliphatic hydroxyl groups excluding tert-OH is 2. The number of thioether (sulfide) groups is 2. The molecule has 0 aromatic heterocycles. The lowest BCUT2D eigenvalue weighted by Crippen LogP contribution is -2.46. The molecule has 19 heavy (non-hydrogen) atoms. The maximum atomic E-state index is 10.7. The fourth-order valence-electron chi connectivity index (χ4n) is 2.52. The van der Waals surface area contributed by atoms with Gasteiger partial charge in [0.15, 0.2) is 0 Å². The Kier molecular flexibility index (Phi) is 5.63. The van der Waals surface area contributed by atoms with Crippen LogP contribution in [0.2, 0.25) is 0 Å². The average molecular weight is 298 g/mol. The third-order valence-corrected chi connectivity index (χ3v) is 6.32. The van der Waals surface area contributed by atoms with Crippen LogP contribution in [0.1, 0.15) is 19.8 Å². The molecule has 0 saturated carbocycles. The van der Waals surface area contributed by atoms with Crippen LogP contribution >= 0.6 is 23.5 Å². The summed E-state index contributed by atoms with van der Waals surface area (Å²) < 4.78 is -0.144. The predicted octanol–water partition coefficient (Wildman–Crippen LogP) is 3.03. The molecule has 0 amide bonds. The number of rotatable bonds is 5. The third kappa shape index (κ3) is 3.69. The summed E-state index contributed by atoms with van der Waals surface area (Å²) in [6.07, 6.45) is 1.55. The van der Waals surface area contributed by atoms with Crippen LogP contribution in [0.15, 0.2) is 35.2 Å². The summed E-state index contributed by atoms with van der Waals surface area (Å²) in [7, 11) is 0. The largest absolute Gasteiger partial charge is 0.396 e. The van der Waals surface area contributed by atoms with Gasteiger partial charge in [-0.1, -0.05) is 25.1 Å². The average Bonchev–Trinajstić information content (AvgIpc) is 2.47. The lowest BCUT2D eigenvalue weighted by atomic mass is 9.87. The van der Waals surface area contributed by atoms with Crippen LogP contribution in [0, 0.1) is 5.92 Å².